The van der Waals surface area contributed by atoms with E-state index in [9.17, 15) is 29.1 Å². The summed E-state index contributed by atoms with van der Waals surface area (Å²) in [6, 6.07) is 15.3. The molecule has 0 saturated carbocycles. The predicted molar refractivity (Wildman–Crippen MR) is 192 cm³/mol. The van der Waals surface area contributed by atoms with Gasteiger partial charge in [0.05, 0.1) is 12.1 Å². The normalized spacial score (nSPS) is 19.4. The molecule has 2 aromatic rings. The molecule has 0 spiro atoms. The van der Waals surface area contributed by atoms with E-state index in [1.54, 1.807) is 0 Å². The van der Waals surface area contributed by atoms with E-state index < -0.39 is 18.1 Å². The molecule has 2 saturated heterocycles. The van der Waals surface area contributed by atoms with Crippen LogP contribution in [0.25, 0.3) is 11.1 Å². The smallest absolute Gasteiger partial charge is 0.407 e. The Kier molecular flexibility index (Phi) is 13.8. The van der Waals surface area contributed by atoms with Crippen LogP contribution in [0.4, 0.5) is 9.59 Å². The van der Waals surface area contributed by atoms with Gasteiger partial charge in [0, 0.05) is 42.9 Å². The highest BCUT2D eigenvalue weighted by atomic mass is 32.2. The molecule has 6 N–H and O–H groups in total. The molecule has 0 radical (unpaired) electrons. The van der Waals surface area contributed by atoms with Crippen LogP contribution >= 0.6 is 11.8 Å². The summed E-state index contributed by atoms with van der Waals surface area (Å²) in [4.78, 5) is 60.2. The number of nitrogens with one attached hydrogen (secondary N) is 5. The molecule has 5 rings (SSSR count). The Morgan fingerprint density at radius 2 is 1.44 bits per heavy atom. The number of carbonyl (C=O) groups excluding carboxylic acids is 4. The summed E-state index contributed by atoms with van der Waals surface area (Å²) in [6.07, 6.45) is 6.58. The van der Waals surface area contributed by atoms with Crippen LogP contribution in [0.3, 0.4) is 0 Å². The van der Waals surface area contributed by atoms with Gasteiger partial charge in [-0.3, -0.25) is 9.59 Å². The van der Waals surface area contributed by atoms with E-state index in [0.717, 1.165) is 66.5 Å². The lowest BCUT2D eigenvalue weighted by molar-refractivity contribution is -0.139. The third-order valence-corrected chi connectivity index (χ3v) is 11.2. The minimum Gasteiger partial charge on any atom is -0.480 e. The molecule has 50 heavy (non-hydrogen) atoms. The van der Waals surface area contributed by atoms with Crippen molar-refractivity contribution in [3.63, 3.8) is 0 Å². The van der Waals surface area contributed by atoms with Crippen molar-refractivity contribution in [3.8, 4) is 11.1 Å². The number of alkyl carbamates (subject to hydrolysis) is 1. The first-order valence-electron chi connectivity index (χ1n) is 17.9. The van der Waals surface area contributed by atoms with E-state index in [0.29, 0.717) is 44.0 Å². The number of benzene rings is 2. The molecular formula is C37H49N5O7S. The van der Waals surface area contributed by atoms with Gasteiger partial charge in [0.25, 0.3) is 0 Å². The lowest BCUT2D eigenvalue weighted by atomic mass is 9.98. The Morgan fingerprint density at radius 3 is 2.10 bits per heavy atom. The molecular weight excluding hydrogens is 659 g/mol. The van der Waals surface area contributed by atoms with E-state index in [-0.39, 0.29) is 48.9 Å². The second-order valence-electron chi connectivity index (χ2n) is 13.2. The summed E-state index contributed by atoms with van der Waals surface area (Å²) in [5, 5.41) is 24.3. The van der Waals surface area contributed by atoms with Crippen molar-refractivity contribution in [3.05, 3.63) is 59.7 Å². The van der Waals surface area contributed by atoms with Crippen molar-refractivity contribution in [2.75, 3.05) is 25.4 Å². The number of rotatable bonds is 20. The number of hydrogen-bond donors (Lipinski definition) is 6. The highest BCUT2D eigenvalue weighted by Gasteiger charge is 2.42. The van der Waals surface area contributed by atoms with E-state index in [1.165, 1.54) is 0 Å². The zero-order chi connectivity index (χ0) is 35.3. The van der Waals surface area contributed by atoms with Crippen molar-refractivity contribution >= 4 is 41.7 Å². The third kappa shape index (κ3) is 10.4. The molecule has 2 aliphatic heterocycles. The number of unbranched alkanes of at least 4 members (excludes halogenated alkanes) is 4. The number of carboxylic acids is 1. The zero-order valence-corrected chi connectivity index (χ0v) is 29.2. The fraction of sp³-hybridized carbons (Fsp3) is 0.541. The number of ether oxygens (including phenoxy) is 1. The molecule has 270 valence electrons. The van der Waals surface area contributed by atoms with Crippen molar-refractivity contribution in [1.82, 2.24) is 26.6 Å². The summed E-state index contributed by atoms with van der Waals surface area (Å²) in [5.41, 5.74) is 4.39. The lowest BCUT2D eigenvalue weighted by Crippen LogP contribution is -2.41. The number of hydrogen-bond acceptors (Lipinski definition) is 7. The van der Waals surface area contributed by atoms with Crippen molar-refractivity contribution in [1.29, 1.82) is 0 Å². The number of carbonyl (C=O) groups is 5. The Hall–Kier alpha value is -4.26. The second kappa shape index (κ2) is 18.7. The average molecular weight is 708 g/mol. The van der Waals surface area contributed by atoms with Gasteiger partial charge in [-0.15, -0.1) is 0 Å². The molecule has 1 aliphatic carbocycles. The standard InChI is InChI=1S/C37H49N5O7S/c43-32(18-2-1-10-20-38-33(44)19-8-7-17-31-34-30(23-50-31)40-36(47)42-34)39-21-11-9-16-29(35(45)46)41-37(48)49-22-28-26-14-5-3-12-24(26)25-13-4-6-15-27(25)28/h3-6,12-15,28-31,34H,1-2,7-11,16-23H2,(H,38,44)(H,39,43)(H,41,48)(H,45,46)(H2,40,42,47)/t29-,30-,31-,34-/m0/s1. The lowest BCUT2D eigenvalue weighted by Gasteiger charge is -2.17. The van der Waals surface area contributed by atoms with E-state index >= 15 is 0 Å². The van der Waals surface area contributed by atoms with Gasteiger partial charge >= 0.3 is 18.1 Å². The summed E-state index contributed by atoms with van der Waals surface area (Å²) in [7, 11) is 0. The van der Waals surface area contributed by atoms with Crippen LogP contribution in [0.15, 0.2) is 48.5 Å². The van der Waals surface area contributed by atoms with Gasteiger partial charge < -0.3 is 36.4 Å². The number of amides is 5. The van der Waals surface area contributed by atoms with Gasteiger partial charge in [-0.2, -0.15) is 11.8 Å². The van der Waals surface area contributed by atoms with Gasteiger partial charge in [0.15, 0.2) is 0 Å². The molecule has 5 amide bonds. The molecule has 0 unspecified atom stereocenters. The average Bonchev–Trinajstić information content (AvgIpc) is 3.77. The van der Waals surface area contributed by atoms with Crippen LogP contribution in [0, 0.1) is 0 Å². The van der Waals surface area contributed by atoms with Crippen molar-refractivity contribution in [2.45, 2.75) is 99.9 Å². The number of aliphatic carboxylic acids is 1. The Bertz CT molecular complexity index is 1460. The highest BCUT2D eigenvalue weighted by Crippen LogP contribution is 2.44. The first kappa shape index (κ1) is 37.0. The molecule has 13 heteroatoms. The number of urea groups is 1. The minimum absolute atomic E-state index is 0.0501. The number of carboxylic acid groups (broad SMARTS) is 1. The van der Waals surface area contributed by atoms with Crippen LogP contribution in [-0.2, 0) is 19.1 Å². The molecule has 0 bridgehead atoms. The largest absolute Gasteiger partial charge is 0.480 e. The molecule has 2 heterocycles. The molecule has 12 nitrogen and oxygen atoms in total. The van der Waals surface area contributed by atoms with Gasteiger partial charge in [-0.25, -0.2) is 14.4 Å². The minimum atomic E-state index is -1.13. The Balaban J connectivity index is 0.854. The Labute approximate surface area is 297 Å². The predicted octanol–water partition coefficient (Wildman–Crippen LogP) is 4.67. The highest BCUT2D eigenvalue weighted by molar-refractivity contribution is 8.00. The van der Waals surface area contributed by atoms with E-state index in [2.05, 4.69) is 26.6 Å². The molecule has 2 fully saturated rings. The molecule has 3 aliphatic rings. The summed E-state index contributed by atoms with van der Waals surface area (Å²) < 4.78 is 5.50. The zero-order valence-electron chi connectivity index (χ0n) is 28.4. The SMILES string of the molecule is O=C(CCCCCNC(=O)CCCC[C@@H]1SC[C@@H]2NC(=O)N[C@@H]21)NCCCC[C@H](NC(=O)OCC1c2ccccc2-c2ccccc21)C(=O)O. The van der Waals surface area contributed by atoms with Gasteiger partial charge in [-0.05, 0) is 67.2 Å². The van der Waals surface area contributed by atoms with Gasteiger partial charge in [0.2, 0.25) is 11.8 Å². The third-order valence-electron chi connectivity index (χ3n) is 9.66. The number of thioether (sulfide) groups is 1. The van der Waals surface area contributed by atoms with E-state index in [4.69, 9.17) is 4.74 Å². The summed E-state index contributed by atoms with van der Waals surface area (Å²) in [6.45, 7) is 1.13. The maximum absolute atomic E-state index is 12.6. The van der Waals surface area contributed by atoms with Gasteiger partial charge in [0.1, 0.15) is 12.6 Å². The quantitative estimate of drug-likeness (QED) is 0.0851. The fourth-order valence-electron chi connectivity index (χ4n) is 7.01. The summed E-state index contributed by atoms with van der Waals surface area (Å²) in [5.74, 6) is -0.304. The van der Waals surface area contributed by atoms with E-state index in [1.807, 2.05) is 60.3 Å². The Morgan fingerprint density at radius 1 is 0.820 bits per heavy atom. The van der Waals surface area contributed by atoms with Gasteiger partial charge in [-0.1, -0.05) is 61.4 Å². The monoisotopic (exact) mass is 707 g/mol. The van der Waals surface area contributed by atoms with Crippen LogP contribution in [0.1, 0.15) is 87.7 Å². The van der Waals surface area contributed by atoms with Crippen LogP contribution in [-0.4, -0.2) is 83.8 Å². The van der Waals surface area contributed by atoms with Crippen LogP contribution in [0.5, 0.6) is 0 Å². The first-order valence-corrected chi connectivity index (χ1v) is 18.9. The maximum atomic E-state index is 12.6. The first-order chi connectivity index (χ1) is 24.3. The molecule has 0 aromatic heterocycles. The van der Waals surface area contributed by atoms with Crippen LogP contribution in [0.2, 0.25) is 0 Å². The summed E-state index contributed by atoms with van der Waals surface area (Å²) >= 11 is 1.89. The van der Waals surface area contributed by atoms with Crippen LogP contribution < -0.4 is 26.6 Å². The maximum Gasteiger partial charge on any atom is 0.407 e. The van der Waals surface area contributed by atoms with Crippen molar-refractivity contribution < 1.29 is 33.8 Å². The molecule has 2 aromatic carbocycles. The topological polar surface area (TPSA) is 175 Å². The molecule has 4 atom stereocenters. The number of fused-ring (bicyclic) bond motifs is 4. The van der Waals surface area contributed by atoms with Crippen molar-refractivity contribution in [2.24, 2.45) is 0 Å². The fourth-order valence-corrected chi connectivity index (χ4v) is 8.55. The second-order valence-corrected chi connectivity index (χ2v) is 14.5.